The topological polar surface area (TPSA) is 133 Å². The van der Waals surface area contributed by atoms with Crippen LogP contribution in [0.4, 0.5) is 0 Å². The Morgan fingerprint density at radius 1 is 1.05 bits per heavy atom. The molecule has 0 amide bonds. The Kier molecular flexibility index (Phi) is 7.91. The van der Waals surface area contributed by atoms with Crippen LogP contribution < -0.4 is 5.56 Å². The lowest BCUT2D eigenvalue weighted by Crippen LogP contribution is -2.26. The molecule has 6 rings (SSSR count). The molecule has 12 heteroatoms. The van der Waals surface area contributed by atoms with Crippen LogP contribution in [0.25, 0.3) is 28.2 Å². The Morgan fingerprint density at radius 3 is 2.74 bits per heavy atom. The number of carbonyl (C=O) groups excluding carboxylic acids is 1. The van der Waals surface area contributed by atoms with E-state index in [1.807, 2.05) is 18.3 Å². The Morgan fingerprint density at radius 2 is 1.93 bits per heavy atom. The minimum absolute atomic E-state index is 0.203. The fourth-order valence-electron chi connectivity index (χ4n) is 5.50. The van der Waals surface area contributed by atoms with Crippen molar-refractivity contribution in [1.29, 1.82) is 0 Å². The summed E-state index contributed by atoms with van der Waals surface area (Å²) >= 11 is 6.30. The number of esters is 1. The van der Waals surface area contributed by atoms with Crippen molar-refractivity contribution in [1.82, 2.24) is 39.7 Å². The summed E-state index contributed by atoms with van der Waals surface area (Å²) in [5.74, 6) is 0.436. The number of ether oxygens (including phenoxy) is 1. The maximum atomic E-state index is 13.6. The number of aromatic nitrogens is 8. The molecule has 42 heavy (non-hydrogen) atoms. The van der Waals surface area contributed by atoms with Crippen molar-refractivity contribution in [2.75, 3.05) is 7.11 Å². The second kappa shape index (κ2) is 12.1. The van der Waals surface area contributed by atoms with Crippen LogP contribution in [0.3, 0.4) is 0 Å². The van der Waals surface area contributed by atoms with E-state index in [1.54, 1.807) is 29.1 Å². The molecule has 0 saturated carbocycles. The first-order chi connectivity index (χ1) is 20.5. The van der Waals surface area contributed by atoms with Gasteiger partial charge in [-0.25, -0.2) is 9.97 Å². The van der Waals surface area contributed by atoms with Crippen LogP contribution in [0.1, 0.15) is 55.1 Å². The number of tetrazole rings is 1. The fraction of sp³-hybridized carbons (Fsp3) is 0.300. The predicted molar refractivity (Wildman–Crippen MR) is 156 cm³/mol. The number of carbonyl (C=O) groups is 1. The lowest BCUT2D eigenvalue weighted by Gasteiger charge is -2.19. The molecule has 2 aromatic carbocycles. The quantitative estimate of drug-likeness (QED) is 0.293. The van der Waals surface area contributed by atoms with Crippen LogP contribution in [0.15, 0.2) is 66.1 Å². The van der Waals surface area contributed by atoms with Gasteiger partial charge in [0, 0.05) is 22.2 Å². The van der Waals surface area contributed by atoms with E-state index in [2.05, 4.69) is 31.6 Å². The van der Waals surface area contributed by atoms with Gasteiger partial charge in [-0.3, -0.25) is 14.2 Å². The van der Waals surface area contributed by atoms with Crippen LogP contribution in [-0.4, -0.2) is 52.8 Å². The van der Waals surface area contributed by atoms with Crippen molar-refractivity contribution in [2.45, 2.75) is 51.0 Å². The summed E-state index contributed by atoms with van der Waals surface area (Å²) in [7, 11) is 1.40. The number of fused-ring (bicyclic) bond motifs is 4. The van der Waals surface area contributed by atoms with Crippen LogP contribution in [0.5, 0.6) is 0 Å². The van der Waals surface area contributed by atoms with Gasteiger partial charge in [0.05, 0.1) is 49.2 Å². The lowest BCUT2D eigenvalue weighted by molar-refractivity contribution is -0.139. The Bertz CT molecular complexity index is 1780. The summed E-state index contributed by atoms with van der Waals surface area (Å²) in [4.78, 5) is 38.3. The fourth-order valence-corrected chi connectivity index (χ4v) is 5.67. The number of imidazole rings is 1. The number of hydrogen-bond donors (Lipinski definition) is 1. The Labute approximate surface area is 246 Å². The summed E-state index contributed by atoms with van der Waals surface area (Å²) in [5, 5.41) is 11.9. The normalized spacial score (nSPS) is 15.3. The SMILES string of the molecule is COC(=O)Cc1ccc2c(c1)CCCCCC[C@H](n1cnc(-c3cc(Cl)ccc3-n3cnnn3)cc1=O)c1ncc-2[nH]1. The zero-order chi connectivity index (χ0) is 29.1. The monoisotopic (exact) mass is 584 g/mol. The number of benzene rings is 2. The van der Waals surface area contributed by atoms with Gasteiger partial charge < -0.3 is 9.72 Å². The highest BCUT2D eigenvalue weighted by atomic mass is 35.5. The van der Waals surface area contributed by atoms with Gasteiger partial charge in [0.25, 0.3) is 5.56 Å². The minimum Gasteiger partial charge on any atom is -0.469 e. The number of halogens is 1. The highest BCUT2D eigenvalue weighted by molar-refractivity contribution is 6.31. The molecule has 0 saturated heterocycles. The van der Waals surface area contributed by atoms with Gasteiger partial charge in [0.15, 0.2) is 0 Å². The third kappa shape index (κ3) is 5.73. The molecular formula is C30H29ClN8O3. The van der Waals surface area contributed by atoms with Crippen molar-refractivity contribution >= 4 is 17.6 Å². The average Bonchev–Trinajstić information content (AvgIpc) is 3.70. The smallest absolute Gasteiger partial charge is 0.309 e. The molecule has 11 nitrogen and oxygen atoms in total. The summed E-state index contributed by atoms with van der Waals surface area (Å²) in [6, 6.07) is 12.5. The van der Waals surface area contributed by atoms with Gasteiger partial charge in [-0.05, 0) is 59.0 Å². The van der Waals surface area contributed by atoms with Crippen molar-refractivity contribution in [3.8, 4) is 28.2 Å². The molecule has 1 aliphatic rings. The first kappa shape index (κ1) is 27.5. The number of aromatic amines is 1. The van der Waals surface area contributed by atoms with Gasteiger partial charge in [-0.1, -0.05) is 49.1 Å². The summed E-state index contributed by atoms with van der Waals surface area (Å²) < 4.78 is 8.00. The largest absolute Gasteiger partial charge is 0.469 e. The third-order valence-corrected chi connectivity index (χ3v) is 7.86. The lowest BCUT2D eigenvalue weighted by atomic mass is 9.95. The van der Waals surface area contributed by atoms with Gasteiger partial charge in [-0.2, -0.15) is 4.68 Å². The molecule has 0 fully saturated rings. The van der Waals surface area contributed by atoms with E-state index in [4.69, 9.17) is 21.3 Å². The van der Waals surface area contributed by atoms with E-state index in [1.165, 1.54) is 24.2 Å². The molecule has 1 N–H and O–H groups in total. The van der Waals surface area contributed by atoms with Gasteiger partial charge >= 0.3 is 5.97 Å². The molecule has 2 bridgehead atoms. The van der Waals surface area contributed by atoms with Crippen molar-refractivity contribution < 1.29 is 9.53 Å². The van der Waals surface area contributed by atoms with E-state index in [0.717, 1.165) is 60.9 Å². The number of nitrogens with one attached hydrogen (secondary N) is 1. The summed E-state index contributed by atoms with van der Waals surface area (Å²) in [5.41, 5.74) is 5.55. The molecule has 0 radical (unpaired) electrons. The number of rotatable bonds is 5. The van der Waals surface area contributed by atoms with Crippen molar-refractivity contribution in [3.63, 3.8) is 0 Å². The van der Waals surface area contributed by atoms with Crippen LogP contribution >= 0.6 is 11.6 Å². The Balaban J connectivity index is 1.36. The highest BCUT2D eigenvalue weighted by Gasteiger charge is 2.22. The molecule has 3 aromatic heterocycles. The minimum atomic E-state index is -0.312. The molecule has 0 aliphatic carbocycles. The van der Waals surface area contributed by atoms with Gasteiger partial charge in [-0.15, -0.1) is 5.10 Å². The van der Waals surface area contributed by atoms with E-state index in [0.29, 0.717) is 27.8 Å². The molecule has 214 valence electrons. The van der Waals surface area contributed by atoms with E-state index < -0.39 is 0 Å². The maximum Gasteiger partial charge on any atom is 0.309 e. The number of H-pyrrole nitrogens is 1. The Hall–Kier alpha value is -4.64. The summed E-state index contributed by atoms with van der Waals surface area (Å²) in [6.07, 6.45) is 10.8. The molecule has 1 aliphatic heterocycles. The molecule has 4 heterocycles. The first-order valence-corrected chi connectivity index (χ1v) is 14.2. The molecule has 5 aromatic rings. The average molecular weight is 585 g/mol. The summed E-state index contributed by atoms with van der Waals surface area (Å²) in [6.45, 7) is 0. The predicted octanol–water partition coefficient (Wildman–Crippen LogP) is 4.74. The van der Waals surface area contributed by atoms with E-state index >= 15 is 0 Å². The number of hydrogen-bond acceptors (Lipinski definition) is 8. The standard InChI is InChI=1S/C30H29ClN8O3/c1-42-29(41)13-19-8-10-22-20(12-19)6-4-2-3-5-7-27(30-32-16-25(22)35-30)38-17-33-24(15-28(38)40)23-14-21(31)9-11-26(23)39-18-34-36-37-39/h8-12,14-18,27H,2-7,13H2,1H3,(H,32,35)/t27-/m0/s1. The van der Waals surface area contributed by atoms with Crippen LogP contribution in [0, 0.1) is 0 Å². The van der Waals surface area contributed by atoms with Crippen molar-refractivity contribution in [3.05, 3.63) is 93.6 Å². The first-order valence-electron chi connectivity index (χ1n) is 13.9. The van der Waals surface area contributed by atoms with Gasteiger partial charge in [0.1, 0.15) is 12.2 Å². The molecule has 1 atom stereocenters. The number of nitrogens with zero attached hydrogens (tertiary/aromatic N) is 7. The molecular weight excluding hydrogens is 556 g/mol. The van der Waals surface area contributed by atoms with Crippen molar-refractivity contribution in [2.24, 2.45) is 0 Å². The highest BCUT2D eigenvalue weighted by Crippen LogP contribution is 2.31. The maximum absolute atomic E-state index is 13.6. The van der Waals surface area contributed by atoms with E-state index in [9.17, 15) is 9.59 Å². The second-order valence-corrected chi connectivity index (χ2v) is 10.8. The van der Waals surface area contributed by atoms with Gasteiger partial charge in [0.2, 0.25) is 0 Å². The molecule has 0 unspecified atom stereocenters. The zero-order valence-corrected chi connectivity index (χ0v) is 23.8. The van der Waals surface area contributed by atoms with Crippen LogP contribution in [-0.2, 0) is 22.4 Å². The third-order valence-electron chi connectivity index (χ3n) is 7.62. The zero-order valence-electron chi connectivity index (χ0n) is 23.0. The van der Waals surface area contributed by atoms with E-state index in [-0.39, 0.29) is 24.0 Å². The second-order valence-electron chi connectivity index (χ2n) is 10.3. The van der Waals surface area contributed by atoms with Crippen LogP contribution in [0.2, 0.25) is 5.02 Å². The molecule has 0 spiro atoms. The number of aryl methyl sites for hydroxylation is 1. The number of methoxy groups -OCH3 is 1.